The van der Waals surface area contributed by atoms with Crippen molar-refractivity contribution in [2.24, 2.45) is 0 Å². The van der Waals surface area contributed by atoms with Gasteiger partial charge in [-0.25, -0.2) is 4.39 Å². The summed E-state index contributed by atoms with van der Waals surface area (Å²) in [5.74, 6) is 0.306. The summed E-state index contributed by atoms with van der Waals surface area (Å²) in [5, 5.41) is 3.01. The van der Waals surface area contributed by atoms with Gasteiger partial charge >= 0.3 is 0 Å². The smallest absolute Gasteiger partial charge is 0.164 e. The van der Waals surface area contributed by atoms with Crippen molar-refractivity contribution in [2.75, 3.05) is 5.32 Å². The molecular formula is C11H9ClFNO. The highest BCUT2D eigenvalue weighted by molar-refractivity contribution is 6.31. The molecule has 1 aromatic heterocycles. The molecule has 2 aromatic rings. The van der Waals surface area contributed by atoms with Gasteiger partial charge in [-0.1, -0.05) is 17.7 Å². The zero-order chi connectivity index (χ0) is 10.7. The molecule has 0 unspecified atom stereocenters. The molecule has 4 heteroatoms. The molecule has 0 atom stereocenters. The molecule has 0 aliphatic carbocycles. The zero-order valence-corrected chi connectivity index (χ0v) is 8.59. The average molecular weight is 226 g/mol. The highest BCUT2D eigenvalue weighted by Crippen LogP contribution is 2.22. The summed E-state index contributed by atoms with van der Waals surface area (Å²) in [6.45, 7) is 0.435. The molecule has 0 bridgehead atoms. The van der Waals surface area contributed by atoms with Crippen LogP contribution in [0.15, 0.2) is 41.0 Å². The Morgan fingerprint density at radius 1 is 1.27 bits per heavy atom. The summed E-state index contributed by atoms with van der Waals surface area (Å²) in [7, 11) is 0. The number of rotatable bonds is 3. The first-order valence-corrected chi connectivity index (χ1v) is 4.85. The summed E-state index contributed by atoms with van der Waals surface area (Å²) in [6, 6.07) is 8.43. The van der Waals surface area contributed by atoms with Crippen LogP contribution >= 0.6 is 11.6 Å². The number of halogens is 2. The topological polar surface area (TPSA) is 25.2 Å². The molecule has 2 rings (SSSR count). The third kappa shape index (κ3) is 2.30. The van der Waals surface area contributed by atoms with Gasteiger partial charge in [0.15, 0.2) is 5.82 Å². The molecule has 78 valence electrons. The quantitative estimate of drug-likeness (QED) is 0.862. The Kier molecular flexibility index (Phi) is 2.92. The van der Waals surface area contributed by atoms with Crippen molar-refractivity contribution in [1.29, 1.82) is 0 Å². The minimum Gasteiger partial charge on any atom is -0.467 e. The first-order chi connectivity index (χ1) is 7.27. The van der Waals surface area contributed by atoms with Crippen LogP contribution in [-0.2, 0) is 6.54 Å². The van der Waals surface area contributed by atoms with Crippen molar-refractivity contribution in [1.82, 2.24) is 0 Å². The van der Waals surface area contributed by atoms with E-state index < -0.39 is 5.82 Å². The van der Waals surface area contributed by atoms with Gasteiger partial charge in [0.05, 0.1) is 23.5 Å². The number of benzene rings is 1. The van der Waals surface area contributed by atoms with E-state index in [2.05, 4.69) is 5.32 Å². The highest BCUT2D eigenvalue weighted by Gasteiger charge is 2.05. The van der Waals surface area contributed by atoms with Crippen molar-refractivity contribution in [3.63, 3.8) is 0 Å². The van der Waals surface area contributed by atoms with E-state index in [-0.39, 0.29) is 5.02 Å². The van der Waals surface area contributed by atoms with Gasteiger partial charge in [-0.15, -0.1) is 0 Å². The van der Waals surface area contributed by atoms with Crippen molar-refractivity contribution >= 4 is 17.3 Å². The second-order valence-electron chi connectivity index (χ2n) is 3.03. The normalized spacial score (nSPS) is 10.3. The van der Waals surface area contributed by atoms with Crippen LogP contribution in [0.1, 0.15) is 5.76 Å². The Morgan fingerprint density at radius 3 is 2.87 bits per heavy atom. The predicted octanol–water partition coefficient (Wildman–Crippen LogP) is 3.68. The maximum atomic E-state index is 13.4. The van der Waals surface area contributed by atoms with Crippen LogP contribution in [0.2, 0.25) is 5.02 Å². The van der Waals surface area contributed by atoms with Gasteiger partial charge < -0.3 is 9.73 Å². The van der Waals surface area contributed by atoms with Crippen molar-refractivity contribution < 1.29 is 8.81 Å². The van der Waals surface area contributed by atoms with E-state index in [9.17, 15) is 4.39 Å². The van der Waals surface area contributed by atoms with Crippen LogP contribution in [-0.4, -0.2) is 0 Å². The minimum atomic E-state index is -0.439. The Balaban J connectivity index is 2.08. The maximum absolute atomic E-state index is 13.4. The second kappa shape index (κ2) is 4.36. The van der Waals surface area contributed by atoms with E-state index in [1.54, 1.807) is 24.5 Å². The highest BCUT2D eigenvalue weighted by atomic mass is 35.5. The van der Waals surface area contributed by atoms with Gasteiger partial charge in [-0.05, 0) is 24.3 Å². The summed E-state index contributed by atoms with van der Waals surface area (Å²) >= 11 is 5.64. The molecule has 2 nitrogen and oxygen atoms in total. The van der Waals surface area contributed by atoms with Gasteiger partial charge in [-0.3, -0.25) is 0 Å². The number of hydrogen-bond acceptors (Lipinski definition) is 2. The molecule has 1 aromatic carbocycles. The third-order valence-electron chi connectivity index (χ3n) is 1.98. The first-order valence-electron chi connectivity index (χ1n) is 4.47. The fraction of sp³-hybridized carbons (Fsp3) is 0.0909. The van der Waals surface area contributed by atoms with Crippen LogP contribution in [0.4, 0.5) is 10.1 Å². The minimum absolute atomic E-state index is 0.111. The van der Waals surface area contributed by atoms with Gasteiger partial charge in [-0.2, -0.15) is 0 Å². The molecule has 0 radical (unpaired) electrons. The summed E-state index contributed by atoms with van der Waals surface area (Å²) in [4.78, 5) is 0. The van der Waals surface area contributed by atoms with Crippen molar-refractivity contribution in [3.05, 3.63) is 53.2 Å². The predicted molar refractivity (Wildman–Crippen MR) is 57.4 cm³/mol. The van der Waals surface area contributed by atoms with E-state index in [0.29, 0.717) is 12.2 Å². The van der Waals surface area contributed by atoms with Crippen molar-refractivity contribution in [2.45, 2.75) is 6.54 Å². The molecule has 1 heterocycles. The lowest BCUT2D eigenvalue weighted by Crippen LogP contribution is -2.00. The standard InChI is InChI=1S/C11H9ClFNO/c12-9-4-1-5-10(11(9)13)14-7-8-3-2-6-15-8/h1-6,14H,7H2. The largest absolute Gasteiger partial charge is 0.467 e. The number of nitrogens with one attached hydrogen (secondary N) is 1. The molecule has 0 spiro atoms. The number of furan rings is 1. The molecule has 0 saturated heterocycles. The lowest BCUT2D eigenvalue weighted by atomic mass is 10.3. The Morgan fingerprint density at radius 2 is 2.13 bits per heavy atom. The molecule has 0 aliphatic rings. The van der Waals surface area contributed by atoms with Crippen LogP contribution < -0.4 is 5.32 Å². The van der Waals surface area contributed by atoms with Crippen LogP contribution in [0.25, 0.3) is 0 Å². The summed E-state index contributed by atoms with van der Waals surface area (Å²) in [5.41, 5.74) is 0.374. The van der Waals surface area contributed by atoms with Gasteiger partial charge in [0.25, 0.3) is 0 Å². The Labute approximate surface area is 91.7 Å². The lowest BCUT2D eigenvalue weighted by molar-refractivity contribution is 0.517. The first kappa shape index (κ1) is 10.1. The third-order valence-corrected chi connectivity index (χ3v) is 2.28. The molecule has 0 fully saturated rings. The van der Waals surface area contributed by atoms with Crippen molar-refractivity contribution in [3.8, 4) is 0 Å². The maximum Gasteiger partial charge on any atom is 0.164 e. The van der Waals surface area contributed by atoms with E-state index in [4.69, 9.17) is 16.0 Å². The SMILES string of the molecule is Fc1c(Cl)cccc1NCc1ccco1. The Bertz CT molecular complexity index is 442. The zero-order valence-electron chi connectivity index (χ0n) is 7.84. The molecule has 0 saturated carbocycles. The lowest BCUT2D eigenvalue weighted by Gasteiger charge is -2.06. The van der Waals surface area contributed by atoms with E-state index in [1.807, 2.05) is 6.07 Å². The van der Waals surface area contributed by atoms with Gasteiger partial charge in [0, 0.05) is 0 Å². The van der Waals surface area contributed by atoms with E-state index in [1.165, 1.54) is 6.07 Å². The van der Waals surface area contributed by atoms with Crippen LogP contribution in [0.5, 0.6) is 0 Å². The number of anilines is 1. The summed E-state index contributed by atoms with van der Waals surface area (Å²) < 4.78 is 18.5. The molecule has 0 aliphatic heterocycles. The van der Waals surface area contributed by atoms with Gasteiger partial charge in [0.2, 0.25) is 0 Å². The second-order valence-corrected chi connectivity index (χ2v) is 3.44. The average Bonchev–Trinajstić information content (AvgIpc) is 2.73. The summed E-state index contributed by atoms with van der Waals surface area (Å²) in [6.07, 6.45) is 1.57. The van der Waals surface area contributed by atoms with Crippen LogP contribution in [0.3, 0.4) is 0 Å². The Hall–Kier alpha value is -1.48. The van der Waals surface area contributed by atoms with E-state index >= 15 is 0 Å². The van der Waals surface area contributed by atoms with E-state index in [0.717, 1.165) is 5.76 Å². The molecular weight excluding hydrogens is 217 g/mol. The van der Waals surface area contributed by atoms with Gasteiger partial charge in [0.1, 0.15) is 5.76 Å². The van der Waals surface area contributed by atoms with Crippen LogP contribution in [0, 0.1) is 5.82 Å². The molecule has 1 N–H and O–H groups in total. The molecule has 15 heavy (non-hydrogen) atoms. The fourth-order valence-electron chi connectivity index (χ4n) is 1.24. The number of hydrogen-bond donors (Lipinski definition) is 1. The monoisotopic (exact) mass is 225 g/mol. The molecule has 0 amide bonds. The fourth-order valence-corrected chi connectivity index (χ4v) is 1.41.